The van der Waals surface area contributed by atoms with E-state index in [0.717, 1.165) is 19.3 Å². The van der Waals surface area contributed by atoms with Gasteiger partial charge in [-0.15, -0.1) is 0 Å². The van der Waals surface area contributed by atoms with E-state index in [2.05, 4.69) is 5.32 Å². The Morgan fingerprint density at radius 1 is 1.05 bits per heavy atom. The number of nitro benzene ring substituents is 2. The van der Waals surface area contributed by atoms with Gasteiger partial charge in [-0.2, -0.15) is 0 Å². The smallest absolute Gasteiger partial charge is 0.299 e. The molecule has 1 N–H and O–H groups in total. The molecule has 1 aromatic rings. The van der Waals surface area contributed by atoms with E-state index in [-0.39, 0.29) is 17.1 Å². The molecule has 122 valence electrons. The second-order valence-electron chi connectivity index (χ2n) is 6.29. The molecule has 7 heteroatoms. The minimum absolute atomic E-state index is 0.000830. The number of unbranched alkanes of at least 4 members (excludes halogenated alkanes) is 2. The van der Waals surface area contributed by atoms with Gasteiger partial charge in [0.25, 0.3) is 11.4 Å². The fourth-order valence-corrected chi connectivity index (χ4v) is 2.10. The summed E-state index contributed by atoms with van der Waals surface area (Å²) in [6, 6.07) is 2.85. The maximum absolute atomic E-state index is 11.3. The molecule has 1 rings (SSSR count). The molecule has 0 radical (unpaired) electrons. The highest BCUT2D eigenvalue weighted by Crippen LogP contribution is 2.39. The van der Waals surface area contributed by atoms with Crippen molar-refractivity contribution in [2.24, 2.45) is 0 Å². The first-order valence-corrected chi connectivity index (χ1v) is 7.39. The Morgan fingerprint density at radius 3 is 1.91 bits per heavy atom. The zero-order valence-electron chi connectivity index (χ0n) is 13.5. The first-order chi connectivity index (χ1) is 10.2. The van der Waals surface area contributed by atoms with Gasteiger partial charge in [0, 0.05) is 18.7 Å². The van der Waals surface area contributed by atoms with Crippen molar-refractivity contribution in [1.82, 2.24) is 0 Å². The predicted octanol–water partition coefficient (Wildman–Crippen LogP) is 4.40. The first kappa shape index (κ1) is 17.9. The van der Waals surface area contributed by atoms with Crippen LogP contribution in [0.3, 0.4) is 0 Å². The van der Waals surface area contributed by atoms with Crippen molar-refractivity contribution < 1.29 is 9.85 Å². The Morgan fingerprint density at radius 2 is 1.55 bits per heavy atom. The summed E-state index contributed by atoms with van der Waals surface area (Å²) < 4.78 is 0. The van der Waals surface area contributed by atoms with Crippen LogP contribution < -0.4 is 5.32 Å². The van der Waals surface area contributed by atoms with E-state index in [1.807, 2.05) is 27.7 Å². The van der Waals surface area contributed by atoms with Gasteiger partial charge in [0.05, 0.1) is 9.85 Å². The van der Waals surface area contributed by atoms with Crippen molar-refractivity contribution in [2.45, 2.75) is 52.4 Å². The summed E-state index contributed by atoms with van der Waals surface area (Å²) in [5.74, 6) is 0. The van der Waals surface area contributed by atoms with Crippen LogP contribution in [0.25, 0.3) is 0 Å². The van der Waals surface area contributed by atoms with Crippen molar-refractivity contribution in [3.05, 3.63) is 37.9 Å². The fourth-order valence-electron chi connectivity index (χ4n) is 2.10. The minimum atomic E-state index is -0.565. The average molecular weight is 309 g/mol. The molecule has 0 heterocycles. The van der Waals surface area contributed by atoms with Crippen LogP contribution in [0.4, 0.5) is 17.1 Å². The summed E-state index contributed by atoms with van der Waals surface area (Å²) in [6.45, 7) is 8.12. The molecule has 0 aliphatic heterocycles. The van der Waals surface area contributed by atoms with Gasteiger partial charge in [-0.05, 0) is 17.4 Å². The summed E-state index contributed by atoms with van der Waals surface area (Å²) in [4.78, 5) is 21.5. The zero-order valence-corrected chi connectivity index (χ0v) is 13.5. The molecule has 0 bridgehead atoms. The molecule has 0 unspecified atom stereocenters. The summed E-state index contributed by atoms with van der Waals surface area (Å²) >= 11 is 0. The SMILES string of the molecule is CCCCCNc1c([N+](=O)[O-])cc(C(C)(C)C)cc1[N+](=O)[O-]. The van der Waals surface area contributed by atoms with Crippen LogP contribution in [0, 0.1) is 20.2 Å². The molecule has 1 aromatic carbocycles. The first-order valence-electron chi connectivity index (χ1n) is 7.39. The van der Waals surface area contributed by atoms with E-state index in [1.54, 1.807) is 0 Å². The van der Waals surface area contributed by atoms with E-state index in [0.29, 0.717) is 12.1 Å². The van der Waals surface area contributed by atoms with Crippen LogP contribution in [0.1, 0.15) is 52.5 Å². The molecule has 0 spiro atoms. The number of anilines is 1. The molecule has 0 aliphatic rings. The minimum Gasteiger partial charge on any atom is -0.374 e. The van der Waals surface area contributed by atoms with Crippen molar-refractivity contribution in [1.29, 1.82) is 0 Å². The standard InChI is InChI=1S/C15H23N3O4/c1-5-6-7-8-16-14-12(17(19)20)9-11(15(2,3)4)10-13(14)18(21)22/h9-10,16H,5-8H2,1-4H3. The maximum atomic E-state index is 11.3. The van der Waals surface area contributed by atoms with Gasteiger partial charge < -0.3 is 5.32 Å². The Kier molecular flexibility index (Phi) is 5.84. The lowest BCUT2D eigenvalue weighted by Crippen LogP contribution is -2.14. The van der Waals surface area contributed by atoms with Gasteiger partial charge in [0.1, 0.15) is 0 Å². The highest BCUT2D eigenvalue weighted by atomic mass is 16.6. The van der Waals surface area contributed by atoms with Crippen LogP contribution in [0.2, 0.25) is 0 Å². The number of rotatable bonds is 7. The largest absolute Gasteiger partial charge is 0.374 e. The Bertz CT molecular complexity index is 529. The van der Waals surface area contributed by atoms with Gasteiger partial charge in [-0.1, -0.05) is 40.5 Å². The van der Waals surface area contributed by atoms with Gasteiger partial charge in [0.2, 0.25) is 0 Å². The quantitative estimate of drug-likeness (QED) is 0.457. The Labute approximate surface area is 130 Å². The lowest BCUT2D eigenvalue weighted by Gasteiger charge is -2.19. The molecule has 0 aliphatic carbocycles. The molecular weight excluding hydrogens is 286 g/mol. The van der Waals surface area contributed by atoms with E-state index in [1.165, 1.54) is 12.1 Å². The molecule has 0 amide bonds. The maximum Gasteiger partial charge on any atom is 0.299 e. The highest BCUT2D eigenvalue weighted by Gasteiger charge is 2.29. The highest BCUT2D eigenvalue weighted by molar-refractivity contribution is 5.75. The monoisotopic (exact) mass is 309 g/mol. The van der Waals surface area contributed by atoms with Gasteiger partial charge >= 0.3 is 0 Å². The third kappa shape index (κ3) is 4.41. The average Bonchev–Trinajstić information content (AvgIpc) is 2.41. The van der Waals surface area contributed by atoms with Crippen LogP contribution in [0.5, 0.6) is 0 Å². The van der Waals surface area contributed by atoms with Crippen LogP contribution in [-0.4, -0.2) is 16.4 Å². The van der Waals surface area contributed by atoms with E-state index < -0.39 is 15.3 Å². The number of benzene rings is 1. The van der Waals surface area contributed by atoms with Gasteiger partial charge in [-0.25, -0.2) is 0 Å². The molecule has 0 saturated carbocycles. The van der Waals surface area contributed by atoms with Gasteiger partial charge in [0.15, 0.2) is 5.69 Å². The zero-order chi connectivity index (χ0) is 16.9. The second-order valence-corrected chi connectivity index (χ2v) is 6.29. The van der Waals surface area contributed by atoms with Crippen LogP contribution in [0.15, 0.2) is 12.1 Å². The number of nitrogens with zero attached hydrogens (tertiary/aromatic N) is 2. The second kappa shape index (κ2) is 7.20. The van der Waals surface area contributed by atoms with Crippen molar-refractivity contribution >= 4 is 17.1 Å². The van der Waals surface area contributed by atoms with Crippen molar-refractivity contribution in [3.8, 4) is 0 Å². The summed E-state index contributed by atoms with van der Waals surface area (Å²) in [5.41, 5.74) is -0.314. The Balaban J connectivity index is 3.32. The van der Waals surface area contributed by atoms with Gasteiger partial charge in [-0.3, -0.25) is 20.2 Å². The number of nitro groups is 2. The molecule has 0 atom stereocenters. The predicted molar refractivity (Wildman–Crippen MR) is 86.5 cm³/mol. The summed E-state index contributed by atoms with van der Waals surface area (Å²) in [6.07, 6.45) is 2.79. The number of nitrogens with one attached hydrogen (secondary N) is 1. The summed E-state index contributed by atoms with van der Waals surface area (Å²) in [7, 11) is 0. The normalized spacial score (nSPS) is 11.3. The van der Waals surface area contributed by atoms with Crippen LogP contribution in [-0.2, 0) is 5.41 Å². The number of hydrogen-bond donors (Lipinski definition) is 1. The van der Waals surface area contributed by atoms with E-state index in [9.17, 15) is 20.2 Å². The van der Waals surface area contributed by atoms with E-state index in [4.69, 9.17) is 0 Å². The molecule has 0 fully saturated rings. The Hall–Kier alpha value is -2.18. The molecular formula is C15H23N3O4. The molecule has 22 heavy (non-hydrogen) atoms. The number of hydrogen-bond acceptors (Lipinski definition) is 5. The topological polar surface area (TPSA) is 98.3 Å². The lowest BCUT2D eigenvalue weighted by molar-refractivity contribution is -0.392. The van der Waals surface area contributed by atoms with Crippen molar-refractivity contribution in [3.63, 3.8) is 0 Å². The third-order valence-corrected chi connectivity index (χ3v) is 3.44. The fraction of sp³-hybridized carbons (Fsp3) is 0.600. The molecule has 7 nitrogen and oxygen atoms in total. The molecule has 0 aromatic heterocycles. The summed E-state index contributed by atoms with van der Waals surface area (Å²) in [5, 5.41) is 25.5. The lowest BCUT2D eigenvalue weighted by atomic mass is 9.86. The molecule has 0 saturated heterocycles. The van der Waals surface area contributed by atoms with E-state index >= 15 is 0 Å². The van der Waals surface area contributed by atoms with Crippen molar-refractivity contribution in [2.75, 3.05) is 11.9 Å². The third-order valence-electron chi connectivity index (χ3n) is 3.44. The van der Waals surface area contributed by atoms with Crippen LogP contribution >= 0.6 is 0 Å².